The molecule has 196 valence electrons. The largest absolute Gasteiger partial charge is 0.344 e. The van der Waals surface area contributed by atoms with Crippen LogP contribution in [0.15, 0.2) is 67.1 Å². The Kier molecular flexibility index (Phi) is 7.35. The molecule has 0 radical (unpaired) electrons. The van der Waals surface area contributed by atoms with E-state index in [0.717, 1.165) is 39.5 Å². The van der Waals surface area contributed by atoms with Gasteiger partial charge < -0.3 is 15.6 Å². The lowest BCUT2D eigenvalue weighted by atomic mass is 10.1. The van der Waals surface area contributed by atoms with Crippen LogP contribution in [0.4, 0.5) is 5.69 Å². The fourth-order valence-corrected chi connectivity index (χ4v) is 4.23. The van der Waals surface area contributed by atoms with Gasteiger partial charge in [0, 0.05) is 46.9 Å². The topological polar surface area (TPSA) is 159 Å². The summed E-state index contributed by atoms with van der Waals surface area (Å²) in [6.07, 6.45) is 7.48. The lowest BCUT2D eigenvalue weighted by Crippen LogP contribution is -2.29. The number of H-pyrrole nitrogens is 2. The molecule has 0 saturated carbocycles. The Hall–Kier alpha value is -5.39. The van der Waals surface area contributed by atoms with E-state index in [4.69, 9.17) is 4.98 Å². The molecule has 0 aliphatic heterocycles. The van der Waals surface area contributed by atoms with E-state index in [2.05, 4.69) is 41.3 Å². The van der Waals surface area contributed by atoms with Gasteiger partial charge in [0.15, 0.2) is 0 Å². The number of amides is 2. The molecule has 39 heavy (non-hydrogen) atoms. The minimum Gasteiger partial charge on any atom is -0.344 e. The number of nitrogens with zero attached hydrogens (tertiary/aromatic N) is 6. The summed E-state index contributed by atoms with van der Waals surface area (Å²) in [6, 6.07) is 14.6. The minimum atomic E-state index is -0.456. The van der Waals surface area contributed by atoms with Crippen LogP contribution >= 0.6 is 0 Å². The molecule has 1 unspecified atom stereocenters. The van der Waals surface area contributed by atoms with Crippen molar-refractivity contribution in [3.8, 4) is 16.9 Å². The van der Waals surface area contributed by atoms with Crippen molar-refractivity contribution in [3.63, 3.8) is 0 Å². The van der Waals surface area contributed by atoms with Gasteiger partial charge >= 0.3 is 0 Å². The van der Waals surface area contributed by atoms with E-state index in [0.29, 0.717) is 24.3 Å². The number of hydrogen-bond donors (Lipinski definition) is 4. The van der Waals surface area contributed by atoms with Gasteiger partial charge in [-0.25, -0.2) is 4.98 Å². The molecule has 0 saturated heterocycles. The third-order valence-electron chi connectivity index (χ3n) is 6.11. The van der Waals surface area contributed by atoms with Crippen molar-refractivity contribution >= 4 is 24.1 Å². The van der Waals surface area contributed by atoms with Crippen molar-refractivity contribution in [2.45, 2.75) is 26.3 Å². The number of carbonyl (C=O) groups excluding carboxylic acids is 2. The smallest absolute Gasteiger partial charge is 0.244 e. The summed E-state index contributed by atoms with van der Waals surface area (Å²) in [5, 5.41) is 24.0. The number of rotatable bonds is 10. The highest BCUT2D eigenvalue weighted by Gasteiger charge is 2.21. The highest BCUT2D eigenvalue weighted by molar-refractivity contribution is 5.92. The molecule has 5 aromatic rings. The molecule has 0 fully saturated rings. The Balaban J connectivity index is 1.39. The summed E-state index contributed by atoms with van der Waals surface area (Å²) in [7, 11) is 0. The van der Waals surface area contributed by atoms with Crippen molar-refractivity contribution in [3.05, 3.63) is 95.5 Å². The van der Waals surface area contributed by atoms with Gasteiger partial charge in [-0.15, -0.1) is 5.10 Å². The average Bonchev–Trinajstić information content (AvgIpc) is 3.71. The van der Waals surface area contributed by atoms with Gasteiger partial charge in [-0.2, -0.15) is 9.78 Å². The van der Waals surface area contributed by atoms with Crippen LogP contribution in [0.1, 0.15) is 34.4 Å². The Morgan fingerprint density at radius 1 is 1.13 bits per heavy atom. The first-order chi connectivity index (χ1) is 19.0. The number of benzene rings is 2. The Labute approximate surface area is 223 Å². The third-order valence-corrected chi connectivity index (χ3v) is 6.11. The van der Waals surface area contributed by atoms with Crippen molar-refractivity contribution in [1.82, 2.24) is 45.7 Å². The van der Waals surface area contributed by atoms with Gasteiger partial charge in [0.1, 0.15) is 12.2 Å². The lowest BCUT2D eigenvalue weighted by molar-refractivity contribution is -0.117. The molecule has 0 bridgehead atoms. The second-order valence-corrected chi connectivity index (χ2v) is 8.93. The molecule has 4 N–H and O–H groups in total. The summed E-state index contributed by atoms with van der Waals surface area (Å²) in [5.41, 5.74) is 6.62. The summed E-state index contributed by atoms with van der Waals surface area (Å²) >= 11 is 0. The SMILES string of the molecule is Cc1ccc(-n2cnnn2)c(/C=C/C(=O)NC(Cc2ccn[nH]2)c2nc(-c3ccc(NC=O)cc3)c(C)[nH]2)c1. The molecule has 2 aromatic carbocycles. The number of aryl methyl sites for hydroxylation is 2. The molecule has 3 heterocycles. The van der Waals surface area contributed by atoms with Gasteiger partial charge in [-0.3, -0.25) is 14.7 Å². The summed E-state index contributed by atoms with van der Waals surface area (Å²) < 4.78 is 1.55. The van der Waals surface area contributed by atoms with Crippen molar-refractivity contribution < 1.29 is 9.59 Å². The fourth-order valence-electron chi connectivity index (χ4n) is 4.23. The molecule has 1 atom stereocenters. The van der Waals surface area contributed by atoms with Crippen molar-refractivity contribution in [2.75, 3.05) is 5.32 Å². The summed E-state index contributed by atoms with van der Waals surface area (Å²) in [5.74, 6) is 0.322. The quantitative estimate of drug-likeness (QED) is 0.162. The molecule has 0 aliphatic carbocycles. The zero-order valence-corrected chi connectivity index (χ0v) is 21.3. The van der Waals surface area contributed by atoms with Crippen LogP contribution in [0.3, 0.4) is 0 Å². The zero-order chi connectivity index (χ0) is 27.2. The Morgan fingerprint density at radius 2 is 1.97 bits per heavy atom. The van der Waals surface area contributed by atoms with Gasteiger partial charge in [0.25, 0.3) is 0 Å². The highest BCUT2D eigenvalue weighted by Crippen LogP contribution is 2.26. The number of aromatic amines is 2. The van der Waals surface area contributed by atoms with Gasteiger partial charge in [-0.1, -0.05) is 23.8 Å². The van der Waals surface area contributed by atoms with E-state index in [1.165, 1.54) is 12.4 Å². The fraction of sp³-hybridized carbons (Fsp3) is 0.148. The molecule has 5 rings (SSSR count). The van der Waals surface area contributed by atoms with E-state index in [1.54, 1.807) is 29.1 Å². The van der Waals surface area contributed by atoms with Crippen LogP contribution < -0.4 is 10.6 Å². The summed E-state index contributed by atoms with van der Waals surface area (Å²) in [4.78, 5) is 32.0. The summed E-state index contributed by atoms with van der Waals surface area (Å²) in [6.45, 7) is 3.90. The Bertz CT molecular complexity index is 1590. The average molecular weight is 523 g/mol. The molecular formula is C27H26N10O2. The first kappa shape index (κ1) is 25.3. The molecule has 2 amide bonds. The van der Waals surface area contributed by atoms with Crippen LogP contribution in [-0.2, 0) is 16.0 Å². The molecule has 0 aliphatic rings. The van der Waals surface area contributed by atoms with Crippen LogP contribution in [-0.4, -0.2) is 52.7 Å². The van der Waals surface area contributed by atoms with E-state index >= 15 is 0 Å². The lowest BCUT2D eigenvalue weighted by Gasteiger charge is -2.15. The standard InChI is InChI=1S/C27H26N10O2/c1-17-3-9-24(37-15-30-35-36-37)20(13-17)6-10-25(39)32-23(14-22-11-12-29-34-22)27-31-18(2)26(33-27)19-4-7-21(8-5-19)28-16-38/h3-13,15-16,23H,14H2,1-2H3,(H,28,38)(H,29,34)(H,31,33)(H,32,39)/b10-6+. The van der Waals surface area contributed by atoms with Gasteiger partial charge in [0.2, 0.25) is 12.3 Å². The van der Waals surface area contributed by atoms with Crippen LogP contribution in [0.5, 0.6) is 0 Å². The number of hydrogen-bond acceptors (Lipinski definition) is 7. The van der Waals surface area contributed by atoms with Gasteiger partial charge in [-0.05, 0) is 60.7 Å². The van der Waals surface area contributed by atoms with Gasteiger partial charge in [0.05, 0.1) is 17.4 Å². The van der Waals surface area contributed by atoms with E-state index in [1.807, 2.05) is 50.2 Å². The third kappa shape index (κ3) is 5.96. The maximum absolute atomic E-state index is 13.1. The molecule has 3 aromatic heterocycles. The molecular weight excluding hydrogens is 496 g/mol. The number of nitrogens with one attached hydrogen (secondary N) is 4. The normalized spacial score (nSPS) is 11.9. The minimum absolute atomic E-state index is 0.288. The van der Waals surface area contributed by atoms with Crippen molar-refractivity contribution in [2.24, 2.45) is 0 Å². The first-order valence-electron chi connectivity index (χ1n) is 12.2. The zero-order valence-electron chi connectivity index (χ0n) is 21.3. The van der Waals surface area contributed by atoms with Crippen molar-refractivity contribution in [1.29, 1.82) is 0 Å². The Morgan fingerprint density at radius 3 is 2.69 bits per heavy atom. The molecule has 12 nitrogen and oxygen atoms in total. The van der Waals surface area contributed by atoms with E-state index in [-0.39, 0.29) is 5.91 Å². The monoisotopic (exact) mass is 522 g/mol. The van der Waals surface area contributed by atoms with Crippen LogP contribution in [0.25, 0.3) is 23.0 Å². The second-order valence-electron chi connectivity index (χ2n) is 8.93. The first-order valence-corrected chi connectivity index (χ1v) is 12.2. The molecule has 12 heteroatoms. The van der Waals surface area contributed by atoms with Crippen LogP contribution in [0.2, 0.25) is 0 Å². The number of carbonyl (C=O) groups is 2. The number of anilines is 1. The van der Waals surface area contributed by atoms with E-state index in [9.17, 15) is 9.59 Å². The maximum atomic E-state index is 13.1. The van der Waals surface area contributed by atoms with Crippen LogP contribution in [0, 0.1) is 13.8 Å². The predicted octanol–water partition coefficient (Wildman–Crippen LogP) is 3.07. The number of aromatic nitrogens is 8. The van der Waals surface area contributed by atoms with E-state index < -0.39 is 6.04 Å². The maximum Gasteiger partial charge on any atom is 0.244 e. The highest BCUT2D eigenvalue weighted by atomic mass is 16.1. The predicted molar refractivity (Wildman–Crippen MR) is 145 cm³/mol. The number of tetrazole rings is 1. The number of imidazole rings is 1. The molecule has 0 spiro atoms. The second kappa shape index (κ2) is 11.3.